The number of rotatable bonds is 6. The van der Waals surface area contributed by atoms with Crippen molar-refractivity contribution in [1.29, 1.82) is 0 Å². The Morgan fingerprint density at radius 2 is 1.69 bits per heavy atom. The Morgan fingerprint density at radius 1 is 1.06 bits per heavy atom. The number of nitrogens with one attached hydrogen (secondary N) is 1. The van der Waals surface area contributed by atoms with Crippen molar-refractivity contribution in [2.24, 2.45) is 0 Å². The number of nitrogens with two attached hydrogens (primary N) is 1. The zero-order valence-electron chi connectivity index (χ0n) is 21.4. The molecule has 7 nitrogen and oxygen atoms in total. The van der Waals surface area contributed by atoms with Crippen LogP contribution in [0.25, 0.3) is 0 Å². The highest BCUT2D eigenvalue weighted by molar-refractivity contribution is 5.91. The van der Waals surface area contributed by atoms with Gasteiger partial charge in [-0.3, -0.25) is 5.32 Å². The van der Waals surface area contributed by atoms with Crippen LogP contribution in [0.3, 0.4) is 0 Å². The first-order valence-electron chi connectivity index (χ1n) is 12.2. The number of piperidine rings is 1. The lowest BCUT2D eigenvalue weighted by Gasteiger charge is -2.42. The minimum atomic E-state index is -0.614. The van der Waals surface area contributed by atoms with Gasteiger partial charge in [0.25, 0.3) is 0 Å². The normalized spacial score (nSPS) is 15.2. The van der Waals surface area contributed by atoms with Gasteiger partial charge in [0, 0.05) is 44.7 Å². The zero-order chi connectivity index (χ0) is 25.5. The molecule has 1 heterocycles. The molecule has 1 fully saturated rings. The molecule has 2 aromatic rings. The Morgan fingerprint density at radius 3 is 2.26 bits per heavy atom. The maximum Gasteiger partial charge on any atom is 0.412 e. The van der Waals surface area contributed by atoms with Crippen molar-refractivity contribution in [2.45, 2.75) is 58.8 Å². The van der Waals surface area contributed by atoms with E-state index < -0.39 is 17.5 Å². The van der Waals surface area contributed by atoms with Crippen LogP contribution in [0.2, 0.25) is 0 Å². The first-order valence-corrected chi connectivity index (χ1v) is 12.2. The van der Waals surface area contributed by atoms with E-state index in [4.69, 9.17) is 19.9 Å². The van der Waals surface area contributed by atoms with Crippen LogP contribution >= 0.6 is 0 Å². The average Bonchev–Trinajstić information content (AvgIpc) is 2.80. The molecule has 7 heteroatoms. The summed E-state index contributed by atoms with van der Waals surface area (Å²) in [4.78, 5) is 14.7. The van der Waals surface area contributed by atoms with Gasteiger partial charge in [0.2, 0.25) is 0 Å². The number of hydrogen-bond acceptors (Lipinski definition) is 6. The molecule has 0 radical (unpaired) electrons. The van der Waals surface area contributed by atoms with Crippen LogP contribution in [0.15, 0.2) is 42.5 Å². The molecule has 1 amide bonds. The van der Waals surface area contributed by atoms with Crippen molar-refractivity contribution < 1.29 is 19.0 Å². The van der Waals surface area contributed by atoms with Crippen LogP contribution in [0.4, 0.5) is 21.9 Å². The zero-order valence-corrected chi connectivity index (χ0v) is 21.4. The molecule has 0 saturated carbocycles. The van der Waals surface area contributed by atoms with Gasteiger partial charge in [-0.2, -0.15) is 0 Å². The second kappa shape index (κ2) is 11.5. The van der Waals surface area contributed by atoms with Crippen molar-refractivity contribution in [1.82, 2.24) is 0 Å². The number of anilines is 3. The van der Waals surface area contributed by atoms with Crippen LogP contribution in [0.5, 0.6) is 0 Å². The maximum atomic E-state index is 12.4. The van der Waals surface area contributed by atoms with Crippen molar-refractivity contribution in [2.75, 3.05) is 42.3 Å². The van der Waals surface area contributed by atoms with Crippen molar-refractivity contribution in [3.8, 4) is 11.8 Å². The number of nitrogens with zero attached hydrogens (tertiary/aromatic N) is 1. The topological polar surface area (TPSA) is 86.0 Å². The molecular formula is C28H37N3O4. The Bertz CT molecular complexity index is 1050. The summed E-state index contributed by atoms with van der Waals surface area (Å²) in [7, 11) is 0. The van der Waals surface area contributed by atoms with E-state index in [1.807, 2.05) is 77.1 Å². The van der Waals surface area contributed by atoms with Gasteiger partial charge in [-0.15, -0.1) is 0 Å². The molecule has 0 spiro atoms. The standard InChI is InChI=1S/C28H37N3O4/c1-6-33-28(34-7-2)15-17-31(18-16-28)25-20-24(30-26(32)35-27(3,4)5)23(29)19-22(25)14-13-21-11-9-8-10-12-21/h8-12,19-20H,6-7,15-18,29H2,1-5H3,(H,30,32). The van der Waals surface area contributed by atoms with Crippen molar-refractivity contribution in [3.63, 3.8) is 0 Å². The highest BCUT2D eigenvalue weighted by Crippen LogP contribution is 2.35. The van der Waals surface area contributed by atoms with Crippen LogP contribution < -0.4 is 16.0 Å². The molecule has 1 aliphatic heterocycles. The fraction of sp³-hybridized carbons (Fsp3) is 0.464. The number of nitrogen functional groups attached to an aromatic ring is 1. The number of amides is 1. The van der Waals surface area contributed by atoms with Gasteiger partial charge in [-0.1, -0.05) is 30.0 Å². The van der Waals surface area contributed by atoms with Gasteiger partial charge < -0.3 is 24.8 Å². The number of ether oxygens (including phenoxy) is 3. The van der Waals surface area contributed by atoms with Gasteiger partial charge in [-0.25, -0.2) is 4.79 Å². The minimum absolute atomic E-state index is 0.423. The van der Waals surface area contributed by atoms with Crippen LogP contribution in [0.1, 0.15) is 58.6 Å². The maximum absolute atomic E-state index is 12.4. The van der Waals surface area contributed by atoms with Crippen LogP contribution in [-0.4, -0.2) is 43.8 Å². The Hall–Kier alpha value is -3.21. The first-order chi connectivity index (χ1) is 16.6. The molecule has 188 valence electrons. The predicted octanol–water partition coefficient (Wildman–Crippen LogP) is 5.39. The molecule has 1 aliphatic rings. The molecule has 3 N–H and O–H groups in total. The third-order valence-electron chi connectivity index (χ3n) is 5.60. The average molecular weight is 480 g/mol. The number of hydrogen-bond donors (Lipinski definition) is 2. The number of benzene rings is 2. The van der Waals surface area contributed by atoms with Crippen LogP contribution in [0, 0.1) is 11.8 Å². The lowest BCUT2D eigenvalue weighted by atomic mass is 10.0. The van der Waals surface area contributed by atoms with E-state index in [9.17, 15) is 4.79 Å². The Labute approximate surface area is 208 Å². The fourth-order valence-electron chi connectivity index (χ4n) is 4.09. The SMILES string of the molecule is CCOC1(OCC)CCN(c2cc(NC(=O)OC(C)(C)C)c(N)cc2C#Cc2ccccc2)CC1. The highest BCUT2D eigenvalue weighted by atomic mass is 16.7. The summed E-state index contributed by atoms with van der Waals surface area (Å²) in [5, 5.41) is 2.79. The third-order valence-corrected chi connectivity index (χ3v) is 5.60. The summed E-state index contributed by atoms with van der Waals surface area (Å²) < 4.78 is 17.4. The minimum Gasteiger partial charge on any atom is -0.444 e. The molecule has 1 saturated heterocycles. The first kappa shape index (κ1) is 26.4. The van der Waals surface area contributed by atoms with Crippen molar-refractivity contribution in [3.05, 3.63) is 53.6 Å². The summed E-state index contributed by atoms with van der Waals surface area (Å²) in [5.74, 6) is 5.93. The summed E-state index contributed by atoms with van der Waals surface area (Å²) in [6.07, 6.45) is 0.891. The number of carbonyl (C=O) groups excluding carboxylic acids is 1. The van der Waals surface area contributed by atoms with E-state index in [1.165, 1.54) is 0 Å². The number of carbonyl (C=O) groups is 1. The molecular weight excluding hydrogens is 442 g/mol. The third kappa shape index (κ3) is 7.38. The monoisotopic (exact) mass is 479 g/mol. The Kier molecular flexibility index (Phi) is 8.66. The van der Waals surface area contributed by atoms with E-state index in [0.717, 1.165) is 42.7 Å². The van der Waals surface area contributed by atoms with E-state index in [-0.39, 0.29) is 0 Å². The fourth-order valence-corrected chi connectivity index (χ4v) is 4.09. The van der Waals surface area contributed by atoms with Gasteiger partial charge in [-0.05, 0) is 58.9 Å². The molecule has 2 aromatic carbocycles. The molecule has 0 bridgehead atoms. The molecule has 0 atom stereocenters. The smallest absolute Gasteiger partial charge is 0.412 e. The quantitative estimate of drug-likeness (QED) is 0.328. The molecule has 35 heavy (non-hydrogen) atoms. The van der Waals surface area contributed by atoms with Crippen molar-refractivity contribution >= 4 is 23.2 Å². The largest absolute Gasteiger partial charge is 0.444 e. The van der Waals surface area contributed by atoms with E-state index in [2.05, 4.69) is 22.1 Å². The van der Waals surface area contributed by atoms with Gasteiger partial charge in [0.05, 0.1) is 22.6 Å². The lowest BCUT2D eigenvalue weighted by molar-refractivity contribution is -0.242. The molecule has 0 aromatic heterocycles. The summed E-state index contributed by atoms with van der Waals surface area (Å²) in [6.45, 7) is 12.1. The second-order valence-electron chi connectivity index (χ2n) is 9.46. The van der Waals surface area contributed by atoms with E-state index >= 15 is 0 Å². The molecule has 3 rings (SSSR count). The molecule has 0 aliphatic carbocycles. The lowest BCUT2D eigenvalue weighted by Crippen LogP contribution is -2.48. The predicted molar refractivity (Wildman–Crippen MR) is 141 cm³/mol. The Balaban J connectivity index is 1.93. The summed E-state index contributed by atoms with van der Waals surface area (Å²) >= 11 is 0. The van der Waals surface area contributed by atoms with Gasteiger partial charge in [0.15, 0.2) is 5.79 Å². The second-order valence-corrected chi connectivity index (χ2v) is 9.46. The summed E-state index contributed by atoms with van der Waals surface area (Å²) in [5.41, 5.74) is 9.23. The van der Waals surface area contributed by atoms with E-state index in [1.54, 1.807) is 0 Å². The van der Waals surface area contributed by atoms with Gasteiger partial charge in [0.1, 0.15) is 5.60 Å². The van der Waals surface area contributed by atoms with Crippen LogP contribution in [-0.2, 0) is 14.2 Å². The van der Waals surface area contributed by atoms with E-state index in [0.29, 0.717) is 24.6 Å². The highest BCUT2D eigenvalue weighted by Gasteiger charge is 2.36. The summed E-state index contributed by atoms with van der Waals surface area (Å²) in [6, 6.07) is 13.5. The molecule has 0 unspecified atom stereocenters. The van der Waals surface area contributed by atoms with Gasteiger partial charge >= 0.3 is 6.09 Å².